The van der Waals surface area contributed by atoms with Crippen molar-refractivity contribution in [3.8, 4) is 11.5 Å². The molecular formula is C21H15F3N2O3. The Hall–Kier alpha value is -3.81. The van der Waals surface area contributed by atoms with Crippen LogP contribution in [-0.4, -0.2) is 11.8 Å². The topological polar surface area (TPSA) is 81.4 Å². The Labute approximate surface area is 163 Å². The maximum Gasteiger partial charge on any atom is 0.416 e. The number of primary amides is 1. The number of rotatable bonds is 5. The van der Waals surface area contributed by atoms with Gasteiger partial charge in [-0.2, -0.15) is 13.2 Å². The zero-order chi connectivity index (χ0) is 21.0. The van der Waals surface area contributed by atoms with Gasteiger partial charge in [0.05, 0.1) is 5.56 Å². The van der Waals surface area contributed by atoms with E-state index in [1.807, 2.05) is 0 Å². The first-order chi connectivity index (χ1) is 13.7. The van der Waals surface area contributed by atoms with Crippen molar-refractivity contribution >= 4 is 17.5 Å². The molecule has 3 N–H and O–H groups in total. The lowest BCUT2D eigenvalue weighted by Crippen LogP contribution is -2.13. The number of benzene rings is 3. The second-order valence-electron chi connectivity index (χ2n) is 6.05. The molecule has 0 aliphatic rings. The Morgan fingerprint density at radius 1 is 0.828 bits per heavy atom. The molecule has 2 amide bonds. The zero-order valence-corrected chi connectivity index (χ0v) is 14.9. The van der Waals surface area contributed by atoms with Crippen LogP contribution in [0.1, 0.15) is 26.3 Å². The van der Waals surface area contributed by atoms with Crippen molar-refractivity contribution in [3.63, 3.8) is 0 Å². The zero-order valence-electron chi connectivity index (χ0n) is 14.9. The van der Waals surface area contributed by atoms with E-state index in [0.717, 1.165) is 12.1 Å². The van der Waals surface area contributed by atoms with Crippen LogP contribution in [0.5, 0.6) is 11.5 Å². The number of alkyl halides is 3. The molecule has 0 atom stereocenters. The van der Waals surface area contributed by atoms with Gasteiger partial charge in [0.25, 0.3) is 5.91 Å². The molecule has 0 fully saturated rings. The molecule has 0 aliphatic heterocycles. The van der Waals surface area contributed by atoms with Gasteiger partial charge in [-0.15, -0.1) is 0 Å². The van der Waals surface area contributed by atoms with Gasteiger partial charge in [-0.25, -0.2) is 0 Å². The van der Waals surface area contributed by atoms with Crippen LogP contribution in [0, 0.1) is 0 Å². The van der Waals surface area contributed by atoms with Crippen molar-refractivity contribution < 1.29 is 27.5 Å². The molecule has 0 saturated carbocycles. The van der Waals surface area contributed by atoms with E-state index in [2.05, 4.69) is 5.32 Å². The molecule has 0 unspecified atom stereocenters. The van der Waals surface area contributed by atoms with Crippen LogP contribution in [0.15, 0.2) is 72.8 Å². The Bertz CT molecular complexity index is 1050. The maximum atomic E-state index is 12.8. The van der Waals surface area contributed by atoms with Crippen molar-refractivity contribution in [1.82, 2.24) is 0 Å². The van der Waals surface area contributed by atoms with Gasteiger partial charge in [-0.3, -0.25) is 9.59 Å². The molecule has 0 radical (unpaired) electrons. The van der Waals surface area contributed by atoms with E-state index < -0.39 is 23.6 Å². The monoisotopic (exact) mass is 400 g/mol. The molecule has 0 saturated heterocycles. The number of anilines is 1. The Kier molecular flexibility index (Phi) is 5.54. The molecule has 0 aliphatic carbocycles. The largest absolute Gasteiger partial charge is 0.457 e. The highest BCUT2D eigenvalue weighted by molar-refractivity contribution is 6.04. The quantitative estimate of drug-likeness (QED) is 0.642. The van der Waals surface area contributed by atoms with Gasteiger partial charge in [-0.1, -0.05) is 12.1 Å². The average molecular weight is 400 g/mol. The van der Waals surface area contributed by atoms with E-state index in [9.17, 15) is 22.8 Å². The second kappa shape index (κ2) is 8.05. The highest BCUT2D eigenvalue weighted by atomic mass is 19.4. The summed E-state index contributed by atoms with van der Waals surface area (Å²) in [5, 5.41) is 2.65. The molecular weight excluding hydrogens is 385 g/mol. The van der Waals surface area contributed by atoms with Gasteiger partial charge >= 0.3 is 6.18 Å². The van der Waals surface area contributed by atoms with E-state index in [0.29, 0.717) is 11.3 Å². The number of ether oxygens (including phenoxy) is 1. The lowest BCUT2D eigenvalue weighted by molar-refractivity contribution is -0.137. The van der Waals surface area contributed by atoms with Crippen LogP contribution in [-0.2, 0) is 6.18 Å². The number of halogens is 3. The Balaban J connectivity index is 1.73. The molecule has 8 heteroatoms. The number of amides is 2. The smallest absolute Gasteiger partial charge is 0.416 e. The lowest BCUT2D eigenvalue weighted by atomic mass is 10.1. The average Bonchev–Trinajstić information content (AvgIpc) is 2.68. The van der Waals surface area contributed by atoms with Gasteiger partial charge in [0, 0.05) is 16.8 Å². The highest BCUT2D eigenvalue weighted by Gasteiger charge is 2.30. The van der Waals surface area contributed by atoms with Gasteiger partial charge < -0.3 is 15.8 Å². The second-order valence-corrected chi connectivity index (χ2v) is 6.05. The number of nitrogens with one attached hydrogen (secondary N) is 1. The standard InChI is InChI=1S/C21H15F3N2O3/c22-21(23,24)15-4-2-6-18(12-15)29-17-5-1-3-14(11-17)20(28)26-16-9-7-13(8-10-16)19(25)27/h1-12H,(H2,25,27)(H,26,28). The van der Waals surface area contributed by atoms with Crippen LogP contribution in [0.25, 0.3) is 0 Å². The van der Waals surface area contributed by atoms with Crippen molar-refractivity contribution in [3.05, 3.63) is 89.5 Å². The summed E-state index contributed by atoms with van der Waals surface area (Å²) >= 11 is 0. The minimum atomic E-state index is -4.48. The fourth-order valence-electron chi connectivity index (χ4n) is 2.49. The number of hydrogen-bond acceptors (Lipinski definition) is 3. The van der Waals surface area contributed by atoms with Crippen LogP contribution >= 0.6 is 0 Å². The highest BCUT2D eigenvalue weighted by Crippen LogP contribution is 2.32. The molecule has 0 bridgehead atoms. The Morgan fingerprint density at radius 2 is 1.45 bits per heavy atom. The van der Waals surface area contributed by atoms with Crippen molar-refractivity contribution in [2.24, 2.45) is 5.73 Å². The molecule has 3 aromatic carbocycles. The molecule has 0 spiro atoms. The third-order valence-corrected chi connectivity index (χ3v) is 3.92. The van der Waals surface area contributed by atoms with E-state index in [4.69, 9.17) is 10.5 Å². The predicted molar refractivity (Wildman–Crippen MR) is 101 cm³/mol. The Morgan fingerprint density at radius 3 is 2.07 bits per heavy atom. The lowest BCUT2D eigenvalue weighted by Gasteiger charge is -2.11. The van der Waals surface area contributed by atoms with Gasteiger partial charge in [-0.05, 0) is 60.7 Å². The summed E-state index contributed by atoms with van der Waals surface area (Å²) in [7, 11) is 0. The normalized spacial score (nSPS) is 11.0. The number of carbonyl (C=O) groups excluding carboxylic acids is 2. The van der Waals surface area contributed by atoms with E-state index in [-0.39, 0.29) is 17.1 Å². The maximum absolute atomic E-state index is 12.8. The fourth-order valence-corrected chi connectivity index (χ4v) is 2.49. The summed E-state index contributed by atoms with van der Waals surface area (Å²) in [5.74, 6) is -0.825. The van der Waals surface area contributed by atoms with Crippen LogP contribution in [0.4, 0.5) is 18.9 Å². The first-order valence-electron chi connectivity index (χ1n) is 8.39. The first-order valence-corrected chi connectivity index (χ1v) is 8.39. The predicted octanol–water partition coefficient (Wildman–Crippen LogP) is 4.85. The minimum Gasteiger partial charge on any atom is -0.457 e. The summed E-state index contributed by atoms with van der Waals surface area (Å²) in [5.41, 5.74) is 5.33. The molecule has 3 rings (SSSR count). The number of nitrogens with two attached hydrogens (primary N) is 1. The van der Waals surface area contributed by atoms with Gasteiger partial charge in [0.2, 0.25) is 5.91 Å². The summed E-state index contributed by atoms with van der Waals surface area (Å²) in [6.45, 7) is 0. The molecule has 29 heavy (non-hydrogen) atoms. The SMILES string of the molecule is NC(=O)c1ccc(NC(=O)c2cccc(Oc3cccc(C(F)(F)F)c3)c2)cc1. The summed E-state index contributed by atoms with van der Waals surface area (Å²) in [6, 6.07) is 16.5. The van der Waals surface area contributed by atoms with E-state index in [1.54, 1.807) is 6.07 Å². The first kappa shape index (κ1) is 19.9. The van der Waals surface area contributed by atoms with Crippen molar-refractivity contribution in [2.75, 3.05) is 5.32 Å². The molecule has 5 nitrogen and oxygen atoms in total. The number of carbonyl (C=O) groups is 2. The van der Waals surface area contributed by atoms with Gasteiger partial charge in [0.15, 0.2) is 0 Å². The van der Waals surface area contributed by atoms with Gasteiger partial charge in [0.1, 0.15) is 11.5 Å². The van der Waals surface area contributed by atoms with E-state index in [1.165, 1.54) is 54.6 Å². The molecule has 148 valence electrons. The molecule has 0 aromatic heterocycles. The van der Waals surface area contributed by atoms with Crippen molar-refractivity contribution in [1.29, 1.82) is 0 Å². The van der Waals surface area contributed by atoms with Crippen molar-refractivity contribution in [2.45, 2.75) is 6.18 Å². The van der Waals surface area contributed by atoms with Crippen LogP contribution in [0.3, 0.4) is 0 Å². The van der Waals surface area contributed by atoms with Crippen LogP contribution in [0.2, 0.25) is 0 Å². The molecule has 3 aromatic rings. The van der Waals surface area contributed by atoms with Crippen LogP contribution < -0.4 is 15.8 Å². The third kappa shape index (κ3) is 5.13. The summed E-state index contributed by atoms with van der Waals surface area (Å²) in [4.78, 5) is 23.5. The number of hydrogen-bond donors (Lipinski definition) is 2. The third-order valence-electron chi connectivity index (χ3n) is 3.92. The molecule has 0 heterocycles. The minimum absolute atomic E-state index is 0.000534. The van der Waals surface area contributed by atoms with E-state index >= 15 is 0 Å². The fraction of sp³-hybridized carbons (Fsp3) is 0.0476. The summed E-state index contributed by atoms with van der Waals surface area (Å²) < 4.78 is 43.9. The summed E-state index contributed by atoms with van der Waals surface area (Å²) in [6.07, 6.45) is -4.48.